The molecule has 0 spiro atoms. The lowest BCUT2D eigenvalue weighted by Crippen LogP contribution is -2.17. The Kier molecular flexibility index (Phi) is 3.90. The first-order chi connectivity index (χ1) is 9.00. The lowest BCUT2D eigenvalue weighted by atomic mass is 9.97. The van der Waals surface area contributed by atoms with E-state index in [2.05, 4.69) is 0 Å². The van der Waals surface area contributed by atoms with Crippen LogP contribution in [0.25, 0.3) is 0 Å². The second-order valence-corrected chi connectivity index (χ2v) is 4.49. The summed E-state index contributed by atoms with van der Waals surface area (Å²) < 4.78 is 40.9. The fourth-order valence-electron chi connectivity index (χ4n) is 2.01. The van der Waals surface area contributed by atoms with Crippen molar-refractivity contribution in [3.8, 4) is 0 Å². The highest BCUT2D eigenvalue weighted by Crippen LogP contribution is 2.23. The standard InChI is InChI=1S/C15H14F3N/c1-9-4-2-5-10(15(9)18)14(19)8-11-12(16)6-3-7-13(11)17/h2-7,14H,8,19H2,1H3. The first-order valence-electron chi connectivity index (χ1n) is 5.94. The molecule has 2 N–H and O–H groups in total. The van der Waals surface area contributed by atoms with Gasteiger partial charge in [-0.1, -0.05) is 24.3 Å². The van der Waals surface area contributed by atoms with Crippen LogP contribution in [0.4, 0.5) is 13.2 Å². The summed E-state index contributed by atoms with van der Waals surface area (Å²) in [5, 5.41) is 0. The van der Waals surface area contributed by atoms with Crippen LogP contribution in [0.5, 0.6) is 0 Å². The topological polar surface area (TPSA) is 26.0 Å². The van der Waals surface area contributed by atoms with Gasteiger partial charge in [0.05, 0.1) is 0 Å². The van der Waals surface area contributed by atoms with E-state index >= 15 is 0 Å². The Morgan fingerprint density at radius 3 is 2.21 bits per heavy atom. The molecule has 0 aliphatic heterocycles. The largest absolute Gasteiger partial charge is 0.324 e. The van der Waals surface area contributed by atoms with Gasteiger partial charge < -0.3 is 5.73 Å². The van der Waals surface area contributed by atoms with Crippen molar-refractivity contribution in [1.82, 2.24) is 0 Å². The van der Waals surface area contributed by atoms with Crippen molar-refractivity contribution in [3.63, 3.8) is 0 Å². The van der Waals surface area contributed by atoms with Crippen LogP contribution in [0.15, 0.2) is 36.4 Å². The van der Waals surface area contributed by atoms with E-state index in [1.165, 1.54) is 12.1 Å². The van der Waals surface area contributed by atoms with Crippen LogP contribution in [0.2, 0.25) is 0 Å². The molecule has 1 atom stereocenters. The van der Waals surface area contributed by atoms with Crippen molar-refractivity contribution in [3.05, 3.63) is 70.5 Å². The molecule has 2 aromatic rings. The van der Waals surface area contributed by atoms with Crippen LogP contribution in [0.1, 0.15) is 22.7 Å². The molecule has 2 rings (SSSR count). The van der Waals surface area contributed by atoms with Gasteiger partial charge in [0.25, 0.3) is 0 Å². The zero-order valence-corrected chi connectivity index (χ0v) is 10.5. The summed E-state index contributed by atoms with van der Waals surface area (Å²) in [5.41, 5.74) is 6.47. The number of rotatable bonds is 3. The van der Waals surface area contributed by atoms with Crippen molar-refractivity contribution in [2.75, 3.05) is 0 Å². The van der Waals surface area contributed by atoms with Crippen molar-refractivity contribution in [2.24, 2.45) is 5.73 Å². The third-order valence-electron chi connectivity index (χ3n) is 3.11. The Balaban J connectivity index is 2.31. The van der Waals surface area contributed by atoms with Crippen LogP contribution in [0.3, 0.4) is 0 Å². The van der Waals surface area contributed by atoms with Crippen LogP contribution >= 0.6 is 0 Å². The third kappa shape index (κ3) is 2.79. The molecular formula is C15H14F3N. The minimum Gasteiger partial charge on any atom is -0.324 e. The second-order valence-electron chi connectivity index (χ2n) is 4.49. The predicted molar refractivity (Wildman–Crippen MR) is 68.1 cm³/mol. The van der Waals surface area contributed by atoms with E-state index < -0.39 is 23.5 Å². The van der Waals surface area contributed by atoms with Gasteiger partial charge in [-0.2, -0.15) is 0 Å². The van der Waals surface area contributed by atoms with E-state index in [0.717, 1.165) is 12.1 Å². The Bertz CT molecular complexity index is 576. The van der Waals surface area contributed by atoms with Crippen molar-refractivity contribution >= 4 is 0 Å². The number of hydrogen-bond acceptors (Lipinski definition) is 1. The molecule has 4 heteroatoms. The smallest absolute Gasteiger partial charge is 0.130 e. The average Bonchev–Trinajstić information content (AvgIpc) is 2.37. The summed E-state index contributed by atoms with van der Waals surface area (Å²) in [6.45, 7) is 1.62. The molecule has 2 aromatic carbocycles. The molecule has 19 heavy (non-hydrogen) atoms. The molecule has 0 radical (unpaired) electrons. The third-order valence-corrected chi connectivity index (χ3v) is 3.11. The normalized spacial score (nSPS) is 12.5. The summed E-state index contributed by atoms with van der Waals surface area (Å²) in [7, 11) is 0. The van der Waals surface area contributed by atoms with Gasteiger partial charge in [-0.25, -0.2) is 13.2 Å². The first-order valence-corrected chi connectivity index (χ1v) is 5.94. The van der Waals surface area contributed by atoms with Gasteiger partial charge in [0.15, 0.2) is 0 Å². The number of aryl methyl sites for hydroxylation is 1. The molecular weight excluding hydrogens is 251 g/mol. The molecule has 0 heterocycles. The van der Waals surface area contributed by atoms with Crippen LogP contribution in [0, 0.1) is 24.4 Å². The van der Waals surface area contributed by atoms with Crippen molar-refractivity contribution in [1.29, 1.82) is 0 Å². The minimum atomic E-state index is -0.786. The van der Waals surface area contributed by atoms with Crippen molar-refractivity contribution < 1.29 is 13.2 Å². The highest BCUT2D eigenvalue weighted by molar-refractivity contribution is 5.30. The SMILES string of the molecule is Cc1cccc(C(N)Cc2c(F)cccc2F)c1F. The summed E-state index contributed by atoms with van der Waals surface area (Å²) in [4.78, 5) is 0. The number of benzene rings is 2. The molecule has 100 valence electrons. The quantitative estimate of drug-likeness (QED) is 0.900. The van der Waals surface area contributed by atoms with Gasteiger partial charge in [0.2, 0.25) is 0 Å². The molecule has 1 nitrogen and oxygen atoms in total. The van der Waals surface area contributed by atoms with E-state index in [1.54, 1.807) is 19.1 Å². The fraction of sp³-hybridized carbons (Fsp3) is 0.200. The molecule has 1 unspecified atom stereocenters. The number of halogens is 3. The zero-order valence-electron chi connectivity index (χ0n) is 10.5. The summed E-state index contributed by atoms with van der Waals surface area (Å²) in [5.74, 6) is -1.75. The molecule has 0 aliphatic carbocycles. The highest BCUT2D eigenvalue weighted by atomic mass is 19.1. The molecule has 0 fully saturated rings. The lowest BCUT2D eigenvalue weighted by Gasteiger charge is -2.15. The molecule has 0 aromatic heterocycles. The first kappa shape index (κ1) is 13.6. The van der Waals surface area contributed by atoms with Gasteiger partial charge >= 0.3 is 0 Å². The monoisotopic (exact) mass is 265 g/mol. The van der Waals surface area contributed by atoms with Crippen LogP contribution in [-0.2, 0) is 6.42 Å². The molecule has 0 aliphatic rings. The Labute approximate surface area is 109 Å². The van der Waals surface area contributed by atoms with Crippen LogP contribution < -0.4 is 5.73 Å². The van der Waals surface area contributed by atoms with Crippen molar-refractivity contribution in [2.45, 2.75) is 19.4 Å². The number of hydrogen-bond donors (Lipinski definition) is 1. The van der Waals surface area contributed by atoms with Gasteiger partial charge in [-0.15, -0.1) is 0 Å². The van der Waals surface area contributed by atoms with E-state index in [9.17, 15) is 13.2 Å². The summed E-state index contributed by atoms with van der Waals surface area (Å²) >= 11 is 0. The maximum atomic E-state index is 13.9. The average molecular weight is 265 g/mol. The highest BCUT2D eigenvalue weighted by Gasteiger charge is 2.17. The van der Waals surface area contributed by atoms with E-state index in [4.69, 9.17) is 5.73 Å². The van der Waals surface area contributed by atoms with E-state index in [-0.39, 0.29) is 17.5 Å². The van der Waals surface area contributed by atoms with E-state index in [0.29, 0.717) is 5.56 Å². The predicted octanol–water partition coefficient (Wildman–Crippen LogP) is 3.65. The maximum Gasteiger partial charge on any atom is 0.130 e. The molecule has 0 saturated heterocycles. The summed E-state index contributed by atoms with van der Waals surface area (Å²) in [6.07, 6.45) is -0.0844. The van der Waals surface area contributed by atoms with E-state index in [1.807, 2.05) is 0 Å². The Morgan fingerprint density at radius 2 is 1.58 bits per heavy atom. The minimum absolute atomic E-state index is 0.0844. The van der Waals surface area contributed by atoms with Gasteiger partial charge in [-0.3, -0.25) is 0 Å². The zero-order chi connectivity index (χ0) is 14.0. The fourth-order valence-corrected chi connectivity index (χ4v) is 2.01. The second kappa shape index (κ2) is 5.45. The summed E-state index contributed by atoms with van der Waals surface area (Å²) in [6, 6.07) is 7.65. The van der Waals surface area contributed by atoms with Gasteiger partial charge in [0.1, 0.15) is 17.5 Å². The van der Waals surface area contributed by atoms with Gasteiger partial charge in [0, 0.05) is 17.2 Å². The van der Waals surface area contributed by atoms with Gasteiger partial charge in [-0.05, 0) is 31.0 Å². The Hall–Kier alpha value is -1.81. The maximum absolute atomic E-state index is 13.9. The Morgan fingerprint density at radius 1 is 1.00 bits per heavy atom. The lowest BCUT2D eigenvalue weighted by molar-refractivity contribution is 0.527. The molecule has 0 saturated carbocycles. The number of nitrogens with two attached hydrogens (primary N) is 1. The van der Waals surface area contributed by atoms with Crippen LogP contribution in [-0.4, -0.2) is 0 Å². The molecule has 0 amide bonds. The molecule has 0 bridgehead atoms.